The summed E-state index contributed by atoms with van der Waals surface area (Å²) in [6.45, 7) is -0.531. The van der Waals surface area contributed by atoms with Crippen molar-refractivity contribution in [3.05, 3.63) is 27.2 Å². The molecule has 0 bridgehead atoms. The van der Waals surface area contributed by atoms with E-state index in [1.54, 1.807) is 6.07 Å². The number of fused-ring (bicyclic) bond motifs is 1. The predicted octanol–water partition coefficient (Wildman–Crippen LogP) is 2.84. The van der Waals surface area contributed by atoms with E-state index >= 15 is 0 Å². The summed E-state index contributed by atoms with van der Waals surface area (Å²) in [6.07, 6.45) is 6.02. The number of hydrogen-bond acceptors (Lipinski definition) is 3. The summed E-state index contributed by atoms with van der Waals surface area (Å²) in [5.41, 5.74) is 1.05. The van der Waals surface area contributed by atoms with E-state index in [4.69, 9.17) is 39.5 Å². The Morgan fingerprint density at radius 2 is 2.20 bits per heavy atom. The molecule has 1 aliphatic carbocycles. The van der Waals surface area contributed by atoms with E-state index in [1.807, 2.05) is 0 Å². The summed E-state index contributed by atoms with van der Waals surface area (Å²) in [5.74, 6) is 1.05. The first-order valence-electron chi connectivity index (χ1n) is 5.78. The Hall–Kier alpha value is -1.70. The molecule has 0 aromatic heterocycles. The minimum atomic E-state index is -1.13. The second kappa shape index (κ2) is 5.74. The van der Waals surface area contributed by atoms with Gasteiger partial charge in [-0.1, -0.05) is 23.2 Å². The molecule has 1 atom stereocenters. The van der Waals surface area contributed by atoms with Gasteiger partial charge in [0.15, 0.2) is 12.4 Å². The van der Waals surface area contributed by atoms with Crippen LogP contribution < -0.4 is 4.74 Å². The van der Waals surface area contributed by atoms with Gasteiger partial charge in [0.1, 0.15) is 10.8 Å². The molecular formula is C14H10Cl2O4. The lowest BCUT2D eigenvalue weighted by Crippen LogP contribution is -2.10. The van der Waals surface area contributed by atoms with Crippen molar-refractivity contribution in [1.82, 2.24) is 0 Å². The molecule has 20 heavy (non-hydrogen) atoms. The van der Waals surface area contributed by atoms with E-state index in [9.17, 15) is 9.59 Å². The summed E-state index contributed by atoms with van der Waals surface area (Å²) in [7, 11) is 0. The highest BCUT2D eigenvalue weighted by atomic mass is 35.5. The number of rotatable bonds is 4. The van der Waals surface area contributed by atoms with Gasteiger partial charge >= 0.3 is 5.97 Å². The molecule has 0 fully saturated rings. The number of ether oxygens (including phenoxy) is 1. The summed E-state index contributed by atoms with van der Waals surface area (Å²) >= 11 is 12.1. The van der Waals surface area contributed by atoms with Crippen molar-refractivity contribution >= 4 is 35.0 Å². The summed E-state index contributed by atoms with van der Waals surface area (Å²) < 4.78 is 5.07. The monoisotopic (exact) mass is 312 g/mol. The standard InChI is InChI=1S/C14H10Cl2O4/c1-2-3-7-4-8-5-9(20-6-10(17)18)12(15)13(16)11(8)14(7)19/h1,5,7H,3-4,6H2,(H,17,18). The molecule has 0 heterocycles. The first kappa shape index (κ1) is 14.7. The predicted molar refractivity (Wildman–Crippen MR) is 74.6 cm³/mol. The summed E-state index contributed by atoms with van der Waals surface area (Å²) in [4.78, 5) is 22.7. The van der Waals surface area contributed by atoms with Gasteiger partial charge in [0.2, 0.25) is 0 Å². The van der Waals surface area contributed by atoms with Gasteiger partial charge in [-0.2, -0.15) is 0 Å². The molecule has 1 aliphatic rings. The zero-order valence-electron chi connectivity index (χ0n) is 10.3. The lowest BCUT2D eigenvalue weighted by Gasteiger charge is -2.10. The van der Waals surface area contributed by atoms with Crippen LogP contribution in [0.3, 0.4) is 0 Å². The van der Waals surface area contributed by atoms with E-state index < -0.39 is 12.6 Å². The Labute approximate surface area is 125 Å². The number of carboxylic acid groups (broad SMARTS) is 1. The maximum atomic E-state index is 12.2. The molecular weight excluding hydrogens is 303 g/mol. The largest absolute Gasteiger partial charge is 0.480 e. The van der Waals surface area contributed by atoms with E-state index in [0.29, 0.717) is 24.0 Å². The minimum Gasteiger partial charge on any atom is -0.480 e. The SMILES string of the molecule is C#CCC1Cc2cc(OCC(=O)O)c(Cl)c(Cl)c2C1=O. The third-order valence-corrected chi connectivity index (χ3v) is 3.90. The molecule has 0 aliphatic heterocycles. The molecule has 0 radical (unpaired) electrons. The molecule has 0 saturated heterocycles. The highest BCUT2D eigenvalue weighted by Crippen LogP contribution is 2.42. The molecule has 1 unspecified atom stereocenters. The van der Waals surface area contributed by atoms with Gasteiger partial charge < -0.3 is 9.84 Å². The Balaban J connectivity index is 2.38. The highest BCUT2D eigenvalue weighted by Gasteiger charge is 2.34. The van der Waals surface area contributed by atoms with Gasteiger partial charge in [-0.15, -0.1) is 12.3 Å². The van der Waals surface area contributed by atoms with Crippen molar-refractivity contribution < 1.29 is 19.4 Å². The van der Waals surface area contributed by atoms with E-state index in [1.165, 1.54) is 0 Å². The maximum Gasteiger partial charge on any atom is 0.341 e. The molecule has 0 spiro atoms. The average Bonchev–Trinajstić information content (AvgIpc) is 2.69. The zero-order chi connectivity index (χ0) is 14.9. The van der Waals surface area contributed by atoms with Crippen LogP contribution in [0.5, 0.6) is 5.75 Å². The number of terminal acetylenes is 1. The lowest BCUT2D eigenvalue weighted by atomic mass is 10.0. The van der Waals surface area contributed by atoms with Gasteiger partial charge in [-0.25, -0.2) is 4.79 Å². The van der Waals surface area contributed by atoms with Crippen molar-refractivity contribution in [2.24, 2.45) is 5.92 Å². The number of carbonyl (C=O) groups excluding carboxylic acids is 1. The number of carbonyl (C=O) groups is 2. The van der Waals surface area contributed by atoms with Gasteiger partial charge in [0.05, 0.1) is 5.02 Å². The second-order valence-corrected chi connectivity index (χ2v) is 5.15. The Morgan fingerprint density at radius 3 is 2.80 bits per heavy atom. The number of aliphatic carboxylic acids is 1. The zero-order valence-corrected chi connectivity index (χ0v) is 11.8. The fraction of sp³-hybridized carbons (Fsp3) is 0.286. The Bertz CT molecular complexity index is 631. The molecule has 4 nitrogen and oxygen atoms in total. The molecule has 1 aromatic carbocycles. The number of hydrogen-bond donors (Lipinski definition) is 1. The van der Waals surface area contributed by atoms with Crippen LogP contribution in [-0.2, 0) is 11.2 Å². The lowest BCUT2D eigenvalue weighted by molar-refractivity contribution is -0.139. The first-order valence-corrected chi connectivity index (χ1v) is 6.54. The van der Waals surface area contributed by atoms with Crippen LogP contribution in [-0.4, -0.2) is 23.5 Å². The molecule has 104 valence electrons. The first-order chi connectivity index (χ1) is 9.45. The van der Waals surface area contributed by atoms with Crippen molar-refractivity contribution in [3.63, 3.8) is 0 Å². The normalized spacial score (nSPS) is 16.6. The number of ketones is 1. The average molecular weight is 313 g/mol. The third kappa shape index (κ3) is 2.60. The number of carboxylic acids is 1. The van der Waals surface area contributed by atoms with Crippen LogP contribution in [0.1, 0.15) is 22.3 Å². The Kier molecular flexibility index (Phi) is 4.22. The van der Waals surface area contributed by atoms with Crippen molar-refractivity contribution in [2.75, 3.05) is 6.61 Å². The molecule has 0 saturated carbocycles. The van der Waals surface area contributed by atoms with Crippen molar-refractivity contribution in [2.45, 2.75) is 12.8 Å². The second-order valence-electron chi connectivity index (χ2n) is 4.39. The minimum absolute atomic E-state index is 0.0429. The fourth-order valence-corrected chi connectivity index (χ4v) is 2.71. The van der Waals surface area contributed by atoms with Crippen LogP contribution in [0.25, 0.3) is 0 Å². The fourth-order valence-electron chi connectivity index (χ4n) is 2.19. The van der Waals surface area contributed by atoms with Crippen molar-refractivity contribution in [1.29, 1.82) is 0 Å². The Morgan fingerprint density at radius 1 is 1.50 bits per heavy atom. The van der Waals surface area contributed by atoms with Crippen LogP contribution in [0, 0.1) is 18.3 Å². The number of halogens is 2. The van der Waals surface area contributed by atoms with Gasteiger partial charge in [0.25, 0.3) is 0 Å². The molecule has 6 heteroatoms. The van der Waals surface area contributed by atoms with Crippen LogP contribution in [0.4, 0.5) is 0 Å². The van der Waals surface area contributed by atoms with Crippen molar-refractivity contribution in [3.8, 4) is 18.1 Å². The highest BCUT2D eigenvalue weighted by molar-refractivity contribution is 6.45. The summed E-state index contributed by atoms with van der Waals surface area (Å²) in [6, 6.07) is 1.56. The number of benzene rings is 1. The maximum absolute atomic E-state index is 12.2. The van der Waals surface area contributed by atoms with E-state index in [-0.39, 0.29) is 27.5 Å². The smallest absolute Gasteiger partial charge is 0.341 e. The molecule has 0 amide bonds. The van der Waals surface area contributed by atoms with Crippen LogP contribution in [0.15, 0.2) is 6.07 Å². The van der Waals surface area contributed by atoms with E-state index in [0.717, 1.165) is 0 Å². The molecule has 1 aromatic rings. The van der Waals surface area contributed by atoms with Crippen LogP contribution >= 0.6 is 23.2 Å². The molecule has 2 rings (SSSR count). The summed E-state index contributed by atoms with van der Waals surface area (Å²) in [5, 5.41) is 8.74. The van der Waals surface area contributed by atoms with Gasteiger partial charge in [-0.05, 0) is 18.1 Å². The molecule has 1 N–H and O–H groups in total. The third-order valence-electron chi connectivity index (χ3n) is 3.05. The van der Waals surface area contributed by atoms with E-state index in [2.05, 4.69) is 5.92 Å². The van der Waals surface area contributed by atoms with Crippen LogP contribution in [0.2, 0.25) is 10.0 Å². The van der Waals surface area contributed by atoms with Gasteiger partial charge in [-0.3, -0.25) is 4.79 Å². The quantitative estimate of drug-likeness (QED) is 0.868. The van der Waals surface area contributed by atoms with Gasteiger partial charge in [0, 0.05) is 17.9 Å². The topological polar surface area (TPSA) is 63.6 Å². The number of Topliss-reactive ketones (excluding diaryl/α,β-unsaturated/α-hetero) is 1.